The van der Waals surface area contributed by atoms with Gasteiger partial charge in [-0.1, -0.05) is 281 Å². The molecule has 94 heavy (non-hydrogen) atoms. The van der Waals surface area contributed by atoms with Gasteiger partial charge in [0.15, 0.2) is 0 Å². The van der Waals surface area contributed by atoms with E-state index in [1.54, 1.807) is 0 Å². The second-order valence-corrected chi connectivity index (χ2v) is 33.0. The van der Waals surface area contributed by atoms with Crippen LogP contribution < -0.4 is 26.2 Å². The number of nitrogens with zero attached hydrogens (tertiary/aromatic N) is 3. The number of benzene rings is 11. The third kappa shape index (κ3) is 10.4. The van der Waals surface area contributed by atoms with Crippen molar-refractivity contribution in [3.63, 3.8) is 0 Å². The van der Waals surface area contributed by atoms with Crippen LogP contribution in [0.25, 0.3) is 72.0 Å². The number of rotatable bonds is 7. The molecule has 3 aliphatic rings. The van der Waals surface area contributed by atoms with Gasteiger partial charge >= 0.3 is 0 Å². The van der Waals surface area contributed by atoms with Crippen LogP contribution in [0.4, 0.5) is 34.1 Å². The van der Waals surface area contributed by atoms with Gasteiger partial charge in [-0.3, -0.25) is 0 Å². The molecule has 0 spiro atoms. The van der Waals surface area contributed by atoms with Crippen molar-refractivity contribution >= 4 is 79.0 Å². The molecule has 15 rings (SSSR count). The SMILES string of the molecule is CC(C)(C)c1cccc(-c2ccc3c(c2)B2c4cc(-c5cccc(C(C)(C)C)c5)ccc4N(c4ccc(-c5ccc6c(c5)C(C)(C)CCC6(C)C)cc4)c4cc(-n5c6ccccc6c6ccccc65)cc(c42)N3c2ccc(-c3cc(C(C)(C)C)cc(C(C)(C)C)c3)cc2)c1. The number of anilines is 6. The summed E-state index contributed by atoms with van der Waals surface area (Å²) in [6.07, 6.45) is 2.37. The lowest BCUT2D eigenvalue weighted by Crippen LogP contribution is -2.61. The topological polar surface area (TPSA) is 11.4 Å². The lowest BCUT2D eigenvalue weighted by Gasteiger charge is -2.44. The summed E-state index contributed by atoms with van der Waals surface area (Å²) in [7, 11) is 0. The number of para-hydroxylation sites is 2. The molecule has 1 aromatic heterocycles. The largest absolute Gasteiger partial charge is 0.311 e. The highest BCUT2D eigenvalue weighted by Crippen LogP contribution is 2.50. The summed E-state index contributed by atoms with van der Waals surface area (Å²) in [4.78, 5) is 5.22. The molecule has 0 N–H and O–H groups in total. The summed E-state index contributed by atoms with van der Waals surface area (Å²) < 4.78 is 2.52. The second kappa shape index (κ2) is 21.7. The first-order valence-electron chi connectivity index (χ1n) is 34.4. The molecule has 0 bridgehead atoms. The Kier molecular flexibility index (Phi) is 14.1. The maximum atomic E-state index is 2.61. The number of hydrogen-bond donors (Lipinski definition) is 0. The highest BCUT2D eigenvalue weighted by atomic mass is 15.2. The lowest BCUT2D eigenvalue weighted by atomic mass is 9.33. The predicted molar refractivity (Wildman–Crippen MR) is 407 cm³/mol. The van der Waals surface area contributed by atoms with E-state index in [0.29, 0.717) is 0 Å². The fourth-order valence-electron chi connectivity index (χ4n) is 15.6. The summed E-state index contributed by atoms with van der Waals surface area (Å²) >= 11 is 0. The molecule has 11 aromatic carbocycles. The first kappa shape index (κ1) is 61.1. The zero-order valence-electron chi connectivity index (χ0n) is 58.3. The van der Waals surface area contributed by atoms with Crippen molar-refractivity contribution in [1.82, 2.24) is 4.57 Å². The summed E-state index contributed by atoms with van der Waals surface area (Å²) in [6, 6.07) is 89.9. The maximum Gasteiger partial charge on any atom is 0.252 e. The highest BCUT2D eigenvalue weighted by molar-refractivity contribution is 7.00. The average molecular weight is 1220 g/mol. The van der Waals surface area contributed by atoms with Crippen molar-refractivity contribution in [2.24, 2.45) is 0 Å². The van der Waals surface area contributed by atoms with E-state index in [2.05, 4.69) is 356 Å². The molecular formula is C90H90BN3. The van der Waals surface area contributed by atoms with Crippen molar-refractivity contribution in [2.75, 3.05) is 9.80 Å². The fraction of sp³-hybridized carbons (Fsp3) is 0.267. The van der Waals surface area contributed by atoms with Crippen molar-refractivity contribution < 1.29 is 0 Å². The minimum absolute atomic E-state index is 0.0142. The average Bonchev–Trinajstić information content (AvgIpc) is 0.802. The molecule has 0 saturated carbocycles. The van der Waals surface area contributed by atoms with Gasteiger partial charge in [0.05, 0.1) is 16.7 Å². The van der Waals surface area contributed by atoms with Crippen molar-refractivity contribution in [3.8, 4) is 50.2 Å². The molecule has 1 aliphatic carbocycles. The molecule has 0 radical (unpaired) electrons. The Hall–Kier alpha value is -9.12. The second-order valence-electron chi connectivity index (χ2n) is 33.0. The van der Waals surface area contributed by atoms with E-state index >= 15 is 0 Å². The van der Waals surface area contributed by atoms with Gasteiger partial charge in [0.1, 0.15) is 0 Å². The van der Waals surface area contributed by atoms with Crippen LogP contribution in [-0.2, 0) is 32.5 Å². The van der Waals surface area contributed by atoms with Gasteiger partial charge in [0.25, 0.3) is 6.71 Å². The van der Waals surface area contributed by atoms with E-state index in [4.69, 9.17) is 0 Å². The number of fused-ring (bicyclic) bond motifs is 8. The molecule has 2 aliphatic heterocycles. The van der Waals surface area contributed by atoms with E-state index in [-0.39, 0.29) is 39.2 Å². The van der Waals surface area contributed by atoms with Gasteiger partial charge in [-0.2, -0.15) is 0 Å². The summed E-state index contributed by atoms with van der Waals surface area (Å²) in [5.74, 6) is 0. The van der Waals surface area contributed by atoms with Crippen LogP contribution in [0.1, 0.15) is 157 Å². The molecule has 3 nitrogen and oxygen atoms in total. The molecular weight excluding hydrogens is 1130 g/mol. The summed E-state index contributed by atoms with van der Waals surface area (Å²) in [5, 5.41) is 2.48. The van der Waals surface area contributed by atoms with Crippen LogP contribution in [0, 0.1) is 0 Å². The Morgan fingerprint density at radius 2 is 0.681 bits per heavy atom. The Morgan fingerprint density at radius 1 is 0.298 bits per heavy atom. The third-order valence-corrected chi connectivity index (χ3v) is 21.4. The minimum atomic E-state index is -0.149. The van der Waals surface area contributed by atoms with Gasteiger partial charge in [-0.15, -0.1) is 0 Å². The predicted octanol–water partition coefficient (Wildman–Crippen LogP) is 23.1. The first-order chi connectivity index (χ1) is 44.6. The Balaban J connectivity index is 1.02. The Morgan fingerprint density at radius 3 is 1.14 bits per heavy atom. The lowest BCUT2D eigenvalue weighted by molar-refractivity contribution is 0.332. The van der Waals surface area contributed by atoms with Crippen molar-refractivity contribution in [2.45, 2.75) is 156 Å². The van der Waals surface area contributed by atoms with E-state index < -0.39 is 0 Å². The molecule has 0 unspecified atom stereocenters. The number of aromatic nitrogens is 1. The van der Waals surface area contributed by atoms with Crippen LogP contribution in [-0.4, -0.2) is 11.3 Å². The van der Waals surface area contributed by atoms with Gasteiger partial charge < -0.3 is 14.4 Å². The zero-order valence-corrected chi connectivity index (χ0v) is 58.3. The van der Waals surface area contributed by atoms with Crippen LogP contribution in [0.3, 0.4) is 0 Å². The third-order valence-electron chi connectivity index (χ3n) is 21.4. The monoisotopic (exact) mass is 1220 g/mol. The van der Waals surface area contributed by atoms with E-state index in [0.717, 1.165) is 17.1 Å². The zero-order chi connectivity index (χ0) is 65.8. The quantitative estimate of drug-likeness (QED) is 0.147. The molecule has 4 heteroatoms. The molecule has 0 fully saturated rings. The molecule has 3 heterocycles. The van der Waals surface area contributed by atoms with Crippen molar-refractivity contribution in [3.05, 3.63) is 264 Å². The Bertz CT molecular complexity index is 4920. The van der Waals surface area contributed by atoms with Crippen LogP contribution in [0.2, 0.25) is 0 Å². The molecule has 12 aromatic rings. The first-order valence-corrected chi connectivity index (χ1v) is 34.4. The van der Waals surface area contributed by atoms with Crippen LogP contribution in [0.5, 0.6) is 0 Å². The van der Waals surface area contributed by atoms with E-state index in [9.17, 15) is 0 Å². The smallest absolute Gasteiger partial charge is 0.252 e. The standard InChI is InChI=1S/C90H90BN3/c1-85(2,3)65-25-21-23-59(47-65)62-36-43-80-76(52-62)91-77-53-63(60-24-22-26-66(48-60)86(4,5)6)37-44-81(77)93(70-40-33-58(34-41-70)64-49-67(87(7,8)9)54-68(50-64)88(10,11)12)83-56-71(94-78-29-19-17-27-72(78)73-28-18-20-30-79(73)94)55-82(84(83)91)92(80)69-38-31-57(32-39-69)61-35-42-74-75(51-61)90(15,16)46-45-89(74,13)14/h17-44,47-56H,45-46H2,1-16H3. The summed E-state index contributed by atoms with van der Waals surface area (Å²) in [5.41, 5.74) is 32.6. The summed E-state index contributed by atoms with van der Waals surface area (Å²) in [6.45, 7) is 37.5. The molecule has 0 amide bonds. The normalized spacial score (nSPS) is 15.0. The van der Waals surface area contributed by atoms with Gasteiger partial charge in [0, 0.05) is 44.9 Å². The Labute approximate surface area is 560 Å². The fourth-order valence-corrected chi connectivity index (χ4v) is 15.6. The molecule has 468 valence electrons. The van der Waals surface area contributed by atoms with Crippen molar-refractivity contribution in [1.29, 1.82) is 0 Å². The van der Waals surface area contributed by atoms with E-state index in [1.165, 1.54) is 152 Å². The minimum Gasteiger partial charge on any atom is -0.311 e. The van der Waals surface area contributed by atoms with Gasteiger partial charge in [-0.25, -0.2) is 0 Å². The van der Waals surface area contributed by atoms with E-state index in [1.807, 2.05) is 0 Å². The number of hydrogen-bond acceptors (Lipinski definition) is 2. The van der Waals surface area contributed by atoms with Gasteiger partial charge in [-0.05, 0) is 200 Å². The molecule has 0 saturated heterocycles. The highest BCUT2D eigenvalue weighted by Gasteiger charge is 2.45. The van der Waals surface area contributed by atoms with Gasteiger partial charge in [0.2, 0.25) is 0 Å². The maximum absolute atomic E-state index is 2.61. The van der Waals surface area contributed by atoms with Crippen LogP contribution >= 0.6 is 0 Å². The molecule has 0 atom stereocenters. The van der Waals surface area contributed by atoms with Crippen LogP contribution in [0.15, 0.2) is 231 Å².